The topological polar surface area (TPSA) is 97.0 Å². The first-order chi connectivity index (χ1) is 12.7. The molecular formula is C17H18N6O2S. The first-order valence-corrected chi connectivity index (χ1v) is 9.63. The van der Waals surface area contributed by atoms with E-state index in [1.807, 2.05) is 0 Å². The molecule has 0 unspecified atom stereocenters. The van der Waals surface area contributed by atoms with Crippen LogP contribution in [-0.2, 0) is 0 Å². The van der Waals surface area contributed by atoms with Crippen molar-refractivity contribution in [1.82, 2.24) is 25.4 Å². The smallest absolute Gasteiger partial charge is 0.292 e. The minimum absolute atomic E-state index is 0.0664. The highest BCUT2D eigenvalue weighted by Crippen LogP contribution is 2.38. The number of rotatable bonds is 4. The Morgan fingerprint density at radius 3 is 3.08 bits per heavy atom. The van der Waals surface area contributed by atoms with Crippen LogP contribution in [0, 0.1) is 6.92 Å². The zero-order chi connectivity index (χ0) is 17.7. The standard InChI is InChI=1S/C17H18N6O2S/c1-9-7-11-14(18-8-19-17(11)26-9)23-6-2-3-12(23)16-21-13(22-25-16)15(24)20-10-4-5-10/h7-8,10,12H,2-6H2,1H3,(H,20,24)/t12-/m1/s1. The second kappa shape index (κ2) is 6.01. The zero-order valence-corrected chi connectivity index (χ0v) is 15.1. The van der Waals surface area contributed by atoms with Crippen molar-refractivity contribution in [2.75, 3.05) is 11.4 Å². The third-order valence-electron chi connectivity index (χ3n) is 4.80. The van der Waals surface area contributed by atoms with Crippen LogP contribution in [0.2, 0.25) is 0 Å². The molecule has 0 spiro atoms. The van der Waals surface area contributed by atoms with Crippen LogP contribution in [0.3, 0.4) is 0 Å². The molecule has 26 heavy (non-hydrogen) atoms. The lowest BCUT2D eigenvalue weighted by Gasteiger charge is -2.23. The van der Waals surface area contributed by atoms with Crippen LogP contribution >= 0.6 is 11.3 Å². The minimum Gasteiger partial charge on any atom is -0.346 e. The third kappa shape index (κ3) is 2.72. The van der Waals surface area contributed by atoms with Crippen molar-refractivity contribution < 1.29 is 9.32 Å². The quantitative estimate of drug-likeness (QED) is 0.754. The van der Waals surface area contributed by atoms with E-state index in [0.717, 1.165) is 48.3 Å². The van der Waals surface area contributed by atoms with Crippen molar-refractivity contribution in [3.63, 3.8) is 0 Å². The fourth-order valence-corrected chi connectivity index (χ4v) is 4.25. The fraction of sp³-hybridized carbons (Fsp3) is 0.471. The molecule has 1 aliphatic carbocycles. The Hall–Kier alpha value is -2.55. The maximum Gasteiger partial charge on any atom is 0.292 e. The number of carbonyl (C=O) groups is 1. The summed E-state index contributed by atoms with van der Waals surface area (Å²) in [5.41, 5.74) is 0. The van der Waals surface area contributed by atoms with Crippen LogP contribution in [0.5, 0.6) is 0 Å². The van der Waals surface area contributed by atoms with Gasteiger partial charge in [0.1, 0.15) is 23.0 Å². The number of hydrogen-bond donors (Lipinski definition) is 1. The van der Waals surface area contributed by atoms with Crippen molar-refractivity contribution in [2.24, 2.45) is 0 Å². The molecule has 1 N–H and O–H groups in total. The van der Waals surface area contributed by atoms with Gasteiger partial charge in [-0.3, -0.25) is 4.79 Å². The van der Waals surface area contributed by atoms with Gasteiger partial charge in [-0.1, -0.05) is 5.16 Å². The van der Waals surface area contributed by atoms with Crippen LogP contribution in [0.4, 0.5) is 5.82 Å². The highest BCUT2D eigenvalue weighted by Gasteiger charge is 2.34. The lowest BCUT2D eigenvalue weighted by Crippen LogP contribution is -2.27. The Bertz CT molecular complexity index is 979. The number of hydrogen-bond acceptors (Lipinski definition) is 8. The average Bonchev–Trinajstić information content (AvgIpc) is 3.06. The van der Waals surface area contributed by atoms with Gasteiger partial charge in [0.25, 0.3) is 11.7 Å². The molecule has 0 radical (unpaired) electrons. The summed E-state index contributed by atoms with van der Waals surface area (Å²) in [5.74, 6) is 1.22. The van der Waals surface area contributed by atoms with E-state index in [1.165, 1.54) is 4.88 Å². The number of anilines is 1. The number of amides is 1. The Morgan fingerprint density at radius 2 is 2.23 bits per heavy atom. The highest BCUT2D eigenvalue weighted by molar-refractivity contribution is 7.18. The van der Waals surface area contributed by atoms with Gasteiger partial charge in [0.2, 0.25) is 5.89 Å². The summed E-state index contributed by atoms with van der Waals surface area (Å²) in [7, 11) is 0. The Labute approximate surface area is 153 Å². The van der Waals surface area contributed by atoms with Gasteiger partial charge in [0.15, 0.2) is 0 Å². The molecule has 2 fully saturated rings. The van der Waals surface area contributed by atoms with E-state index in [9.17, 15) is 4.79 Å². The van der Waals surface area contributed by atoms with E-state index in [4.69, 9.17) is 4.52 Å². The second-order valence-corrected chi connectivity index (χ2v) is 8.06. The number of carbonyl (C=O) groups excluding carboxylic acids is 1. The summed E-state index contributed by atoms with van der Waals surface area (Å²) in [6.07, 6.45) is 5.55. The van der Waals surface area contributed by atoms with Gasteiger partial charge < -0.3 is 14.7 Å². The van der Waals surface area contributed by atoms with E-state index < -0.39 is 0 Å². The van der Waals surface area contributed by atoms with E-state index in [0.29, 0.717) is 5.89 Å². The Morgan fingerprint density at radius 1 is 1.35 bits per heavy atom. The van der Waals surface area contributed by atoms with Crippen molar-refractivity contribution in [1.29, 1.82) is 0 Å². The molecule has 1 saturated carbocycles. The zero-order valence-electron chi connectivity index (χ0n) is 14.3. The first kappa shape index (κ1) is 15.7. The molecule has 5 rings (SSSR count). The van der Waals surface area contributed by atoms with Gasteiger partial charge in [-0.2, -0.15) is 4.98 Å². The molecule has 0 bridgehead atoms. The molecule has 1 aliphatic heterocycles. The van der Waals surface area contributed by atoms with Crippen LogP contribution < -0.4 is 10.2 Å². The van der Waals surface area contributed by atoms with Gasteiger partial charge in [0.05, 0.1) is 5.39 Å². The lowest BCUT2D eigenvalue weighted by atomic mass is 10.2. The summed E-state index contributed by atoms with van der Waals surface area (Å²) in [6, 6.07) is 2.32. The number of nitrogens with zero attached hydrogens (tertiary/aromatic N) is 5. The molecule has 1 amide bonds. The Balaban J connectivity index is 1.45. The van der Waals surface area contributed by atoms with Crippen LogP contribution in [0.1, 0.15) is 53.1 Å². The largest absolute Gasteiger partial charge is 0.346 e. The van der Waals surface area contributed by atoms with Gasteiger partial charge in [-0.15, -0.1) is 11.3 Å². The maximum atomic E-state index is 12.1. The summed E-state index contributed by atoms with van der Waals surface area (Å²) in [5, 5.41) is 7.82. The van der Waals surface area contributed by atoms with Gasteiger partial charge in [0, 0.05) is 17.5 Å². The number of aryl methyl sites for hydroxylation is 1. The van der Waals surface area contributed by atoms with Crippen LogP contribution in [-0.4, -0.2) is 38.6 Å². The average molecular weight is 370 g/mol. The highest BCUT2D eigenvalue weighted by atomic mass is 32.1. The molecule has 134 valence electrons. The number of thiophene rings is 1. The van der Waals surface area contributed by atoms with Crippen molar-refractivity contribution in [3.05, 3.63) is 29.0 Å². The summed E-state index contributed by atoms with van der Waals surface area (Å²) in [6.45, 7) is 2.93. The molecule has 8 nitrogen and oxygen atoms in total. The monoisotopic (exact) mass is 370 g/mol. The number of nitrogens with one attached hydrogen (secondary N) is 1. The normalized spacial score (nSPS) is 20.0. The van der Waals surface area contributed by atoms with Crippen LogP contribution in [0.25, 0.3) is 10.2 Å². The second-order valence-electron chi connectivity index (χ2n) is 6.83. The van der Waals surface area contributed by atoms with E-state index >= 15 is 0 Å². The fourth-order valence-electron chi connectivity index (χ4n) is 3.41. The Kier molecular flexibility index (Phi) is 3.63. The van der Waals surface area contributed by atoms with E-state index in [1.54, 1.807) is 17.7 Å². The molecule has 0 aromatic carbocycles. The lowest BCUT2D eigenvalue weighted by molar-refractivity contribution is 0.0937. The van der Waals surface area contributed by atoms with Gasteiger partial charge in [-0.05, 0) is 38.7 Å². The third-order valence-corrected chi connectivity index (χ3v) is 5.76. The summed E-state index contributed by atoms with van der Waals surface area (Å²) >= 11 is 1.66. The molecule has 3 aromatic rings. The van der Waals surface area contributed by atoms with Crippen molar-refractivity contribution >= 4 is 33.3 Å². The minimum atomic E-state index is -0.259. The van der Waals surface area contributed by atoms with Crippen LogP contribution in [0.15, 0.2) is 16.9 Å². The van der Waals surface area contributed by atoms with E-state index in [-0.39, 0.29) is 23.8 Å². The molecule has 3 aromatic heterocycles. The summed E-state index contributed by atoms with van der Waals surface area (Å²) in [4.78, 5) is 29.7. The first-order valence-electron chi connectivity index (χ1n) is 8.81. The predicted octanol–water partition coefficient (Wildman–Crippen LogP) is 2.62. The molecule has 1 atom stereocenters. The molecular weight excluding hydrogens is 352 g/mol. The van der Waals surface area contributed by atoms with Crippen molar-refractivity contribution in [3.8, 4) is 0 Å². The predicted molar refractivity (Wildman–Crippen MR) is 96.3 cm³/mol. The number of fused-ring (bicyclic) bond motifs is 1. The van der Waals surface area contributed by atoms with E-state index in [2.05, 4.69) is 43.3 Å². The number of aromatic nitrogens is 4. The molecule has 4 heterocycles. The molecule has 2 aliphatic rings. The molecule has 9 heteroatoms. The molecule has 1 saturated heterocycles. The van der Waals surface area contributed by atoms with Crippen molar-refractivity contribution in [2.45, 2.75) is 44.7 Å². The van der Waals surface area contributed by atoms with Gasteiger partial charge in [-0.25, -0.2) is 9.97 Å². The maximum absolute atomic E-state index is 12.1. The SMILES string of the molecule is Cc1cc2c(N3CCC[C@@H]3c3nc(C(=O)NC4CC4)no3)ncnc2s1. The summed E-state index contributed by atoms with van der Waals surface area (Å²) < 4.78 is 5.44. The van der Waals surface area contributed by atoms with Gasteiger partial charge >= 0.3 is 0 Å².